The van der Waals surface area contributed by atoms with Gasteiger partial charge in [0.15, 0.2) is 0 Å². The maximum absolute atomic E-state index is 9.23. The van der Waals surface area contributed by atoms with Gasteiger partial charge in [-0.1, -0.05) is 26.0 Å². The molecular weight excluding hydrogens is 228 g/mol. The predicted octanol–water partition coefficient (Wildman–Crippen LogP) is 2.47. The molecule has 0 saturated carbocycles. The van der Waals surface area contributed by atoms with Gasteiger partial charge in [0.25, 0.3) is 0 Å². The van der Waals surface area contributed by atoms with Crippen LogP contribution in [0.15, 0.2) is 18.2 Å². The van der Waals surface area contributed by atoms with E-state index >= 15 is 0 Å². The first kappa shape index (κ1) is 13.4. The lowest BCUT2D eigenvalue weighted by molar-refractivity contribution is -0.0701. The van der Waals surface area contributed by atoms with E-state index in [0.717, 1.165) is 12.2 Å². The van der Waals surface area contributed by atoms with Crippen LogP contribution >= 0.6 is 0 Å². The molecule has 1 aromatic rings. The highest BCUT2D eigenvalue weighted by molar-refractivity contribution is 5.42. The SMILES string of the molecule is COc1ccc(C2(CCO)COC2)cc1C(C)C. The van der Waals surface area contributed by atoms with Crippen LogP contribution in [0.4, 0.5) is 0 Å². The van der Waals surface area contributed by atoms with Crippen molar-refractivity contribution in [1.82, 2.24) is 0 Å². The Kier molecular flexibility index (Phi) is 3.93. The van der Waals surface area contributed by atoms with E-state index in [0.29, 0.717) is 19.1 Å². The molecule has 0 atom stereocenters. The van der Waals surface area contributed by atoms with Crippen LogP contribution in [-0.2, 0) is 10.2 Å². The molecule has 2 rings (SSSR count). The molecule has 1 saturated heterocycles. The minimum absolute atomic E-state index is 0.00462. The minimum atomic E-state index is 0.00462. The number of methoxy groups -OCH3 is 1. The summed E-state index contributed by atoms with van der Waals surface area (Å²) in [6.45, 7) is 5.94. The fraction of sp³-hybridized carbons (Fsp3) is 0.600. The molecule has 1 N–H and O–H groups in total. The van der Waals surface area contributed by atoms with E-state index in [1.165, 1.54) is 11.1 Å². The van der Waals surface area contributed by atoms with Gasteiger partial charge in [-0.25, -0.2) is 0 Å². The van der Waals surface area contributed by atoms with Gasteiger partial charge in [-0.2, -0.15) is 0 Å². The molecule has 1 aromatic carbocycles. The molecule has 1 aliphatic heterocycles. The highest BCUT2D eigenvalue weighted by Crippen LogP contribution is 2.38. The van der Waals surface area contributed by atoms with Crippen LogP contribution in [0.5, 0.6) is 5.75 Å². The van der Waals surface area contributed by atoms with E-state index < -0.39 is 0 Å². The lowest BCUT2D eigenvalue weighted by atomic mass is 9.75. The van der Waals surface area contributed by atoms with E-state index in [4.69, 9.17) is 9.47 Å². The second-order valence-corrected chi connectivity index (χ2v) is 5.36. The number of hydrogen-bond donors (Lipinski definition) is 1. The van der Waals surface area contributed by atoms with Crippen LogP contribution in [0.2, 0.25) is 0 Å². The average molecular weight is 250 g/mol. The Morgan fingerprint density at radius 2 is 2.11 bits per heavy atom. The van der Waals surface area contributed by atoms with Crippen molar-refractivity contribution < 1.29 is 14.6 Å². The zero-order chi connectivity index (χ0) is 13.2. The van der Waals surface area contributed by atoms with Gasteiger partial charge in [-0.15, -0.1) is 0 Å². The summed E-state index contributed by atoms with van der Waals surface area (Å²) in [5, 5.41) is 9.23. The molecule has 1 aliphatic rings. The molecule has 1 heterocycles. The van der Waals surface area contributed by atoms with Crippen molar-refractivity contribution >= 4 is 0 Å². The zero-order valence-electron chi connectivity index (χ0n) is 11.4. The Labute approximate surface area is 109 Å². The highest BCUT2D eigenvalue weighted by atomic mass is 16.5. The van der Waals surface area contributed by atoms with Crippen molar-refractivity contribution in [2.75, 3.05) is 26.9 Å². The first-order chi connectivity index (χ1) is 8.63. The van der Waals surface area contributed by atoms with Crippen molar-refractivity contribution in [3.05, 3.63) is 29.3 Å². The molecule has 100 valence electrons. The number of hydrogen-bond acceptors (Lipinski definition) is 3. The fourth-order valence-corrected chi connectivity index (χ4v) is 2.53. The highest BCUT2D eigenvalue weighted by Gasteiger charge is 2.40. The molecule has 0 spiro atoms. The maximum atomic E-state index is 9.23. The summed E-state index contributed by atoms with van der Waals surface area (Å²) in [6, 6.07) is 6.34. The molecule has 0 radical (unpaired) electrons. The summed E-state index contributed by atoms with van der Waals surface area (Å²) in [4.78, 5) is 0. The molecule has 0 aromatic heterocycles. The summed E-state index contributed by atoms with van der Waals surface area (Å²) in [6.07, 6.45) is 0.761. The van der Waals surface area contributed by atoms with Crippen LogP contribution in [0.1, 0.15) is 37.3 Å². The summed E-state index contributed by atoms with van der Waals surface area (Å²) < 4.78 is 10.8. The minimum Gasteiger partial charge on any atom is -0.496 e. The summed E-state index contributed by atoms with van der Waals surface area (Å²) in [5.74, 6) is 1.36. The first-order valence-electron chi connectivity index (χ1n) is 6.50. The average Bonchev–Trinajstić information content (AvgIpc) is 2.33. The van der Waals surface area contributed by atoms with E-state index in [-0.39, 0.29) is 12.0 Å². The van der Waals surface area contributed by atoms with Crippen LogP contribution in [0.25, 0.3) is 0 Å². The topological polar surface area (TPSA) is 38.7 Å². The molecule has 0 amide bonds. The lowest BCUT2D eigenvalue weighted by Crippen LogP contribution is -2.47. The molecular formula is C15H22O3. The van der Waals surface area contributed by atoms with Gasteiger partial charge in [0.2, 0.25) is 0 Å². The van der Waals surface area contributed by atoms with Crippen LogP contribution in [-0.4, -0.2) is 32.0 Å². The lowest BCUT2D eigenvalue weighted by Gasteiger charge is -2.42. The van der Waals surface area contributed by atoms with Gasteiger partial charge in [0, 0.05) is 12.0 Å². The summed E-state index contributed by atoms with van der Waals surface area (Å²) >= 11 is 0. The van der Waals surface area contributed by atoms with Crippen molar-refractivity contribution in [1.29, 1.82) is 0 Å². The number of rotatable bonds is 5. The Balaban J connectivity index is 2.36. The monoisotopic (exact) mass is 250 g/mol. The number of aliphatic hydroxyl groups is 1. The largest absolute Gasteiger partial charge is 0.496 e. The van der Waals surface area contributed by atoms with Gasteiger partial charge in [0.05, 0.1) is 20.3 Å². The Hall–Kier alpha value is -1.06. The maximum Gasteiger partial charge on any atom is 0.122 e. The molecule has 0 aliphatic carbocycles. The molecule has 0 unspecified atom stereocenters. The fourth-order valence-electron chi connectivity index (χ4n) is 2.53. The van der Waals surface area contributed by atoms with Gasteiger partial charge in [-0.3, -0.25) is 0 Å². The number of aliphatic hydroxyl groups excluding tert-OH is 1. The van der Waals surface area contributed by atoms with E-state index in [1.54, 1.807) is 7.11 Å². The molecule has 0 bridgehead atoms. The van der Waals surface area contributed by atoms with E-state index in [2.05, 4.69) is 26.0 Å². The van der Waals surface area contributed by atoms with Gasteiger partial charge in [-0.05, 0) is 29.5 Å². The number of ether oxygens (including phenoxy) is 2. The van der Waals surface area contributed by atoms with Crippen LogP contribution < -0.4 is 4.74 Å². The van der Waals surface area contributed by atoms with Crippen molar-refractivity contribution in [2.45, 2.75) is 31.6 Å². The van der Waals surface area contributed by atoms with E-state index in [9.17, 15) is 5.11 Å². The van der Waals surface area contributed by atoms with Crippen LogP contribution in [0, 0.1) is 0 Å². The molecule has 3 nitrogen and oxygen atoms in total. The third kappa shape index (κ3) is 2.25. The second kappa shape index (κ2) is 5.29. The predicted molar refractivity (Wildman–Crippen MR) is 71.3 cm³/mol. The van der Waals surface area contributed by atoms with Crippen LogP contribution in [0.3, 0.4) is 0 Å². The van der Waals surface area contributed by atoms with Crippen molar-refractivity contribution in [3.8, 4) is 5.75 Å². The number of benzene rings is 1. The van der Waals surface area contributed by atoms with Gasteiger partial charge >= 0.3 is 0 Å². The normalized spacial score (nSPS) is 17.6. The second-order valence-electron chi connectivity index (χ2n) is 5.36. The van der Waals surface area contributed by atoms with Crippen molar-refractivity contribution in [2.24, 2.45) is 0 Å². The molecule has 18 heavy (non-hydrogen) atoms. The Morgan fingerprint density at radius 1 is 1.39 bits per heavy atom. The third-order valence-electron chi connectivity index (χ3n) is 3.81. The molecule has 1 fully saturated rings. The summed E-state index contributed by atoms with van der Waals surface area (Å²) in [7, 11) is 1.71. The third-order valence-corrected chi connectivity index (χ3v) is 3.81. The zero-order valence-corrected chi connectivity index (χ0v) is 11.4. The standard InChI is InChI=1S/C15H22O3/c1-11(2)13-8-12(4-5-14(13)17-3)15(6-7-16)9-18-10-15/h4-5,8,11,16H,6-7,9-10H2,1-3H3. The molecule has 3 heteroatoms. The van der Waals surface area contributed by atoms with E-state index in [1.807, 2.05) is 6.07 Å². The smallest absolute Gasteiger partial charge is 0.122 e. The van der Waals surface area contributed by atoms with Crippen molar-refractivity contribution in [3.63, 3.8) is 0 Å². The first-order valence-corrected chi connectivity index (χ1v) is 6.50. The van der Waals surface area contributed by atoms with Gasteiger partial charge < -0.3 is 14.6 Å². The summed E-state index contributed by atoms with van der Waals surface area (Å²) in [5.41, 5.74) is 2.48. The van der Waals surface area contributed by atoms with Gasteiger partial charge in [0.1, 0.15) is 5.75 Å². The Morgan fingerprint density at radius 3 is 2.56 bits per heavy atom. The quantitative estimate of drug-likeness (QED) is 0.872. The Bertz CT molecular complexity index is 408.